The third-order valence-electron chi connectivity index (χ3n) is 3.82. The summed E-state index contributed by atoms with van der Waals surface area (Å²) in [5.74, 6) is 0.903. The van der Waals surface area contributed by atoms with Crippen LogP contribution >= 0.6 is 0 Å². The van der Waals surface area contributed by atoms with Gasteiger partial charge in [-0.2, -0.15) is 0 Å². The van der Waals surface area contributed by atoms with Gasteiger partial charge in [0.25, 0.3) is 0 Å². The molecule has 0 aromatic heterocycles. The predicted octanol–water partition coefficient (Wildman–Crippen LogP) is 2.64. The smallest absolute Gasteiger partial charge is 0.0495 e. The molecule has 0 amide bonds. The molecule has 1 aliphatic carbocycles. The van der Waals surface area contributed by atoms with Gasteiger partial charge in [-0.15, -0.1) is 0 Å². The van der Waals surface area contributed by atoms with E-state index in [1.807, 2.05) is 0 Å². The van der Waals surface area contributed by atoms with Crippen LogP contribution in [0.4, 0.5) is 5.69 Å². The Morgan fingerprint density at radius 1 is 1.31 bits per heavy atom. The first-order valence-electron chi connectivity index (χ1n) is 6.15. The van der Waals surface area contributed by atoms with Gasteiger partial charge in [0.1, 0.15) is 0 Å². The van der Waals surface area contributed by atoms with Crippen molar-refractivity contribution in [3.05, 3.63) is 30.3 Å². The molecule has 16 heavy (non-hydrogen) atoms. The summed E-state index contributed by atoms with van der Waals surface area (Å²) in [5, 5.41) is 0. The molecule has 2 rings (SSSR count). The van der Waals surface area contributed by atoms with Gasteiger partial charge in [0.2, 0.25) is 0 Å². The van der Waals surface area contributed by atoms with Crippen molar-refractivity contribution in [1.29, 1.82) is 0 Å². The second-order valence-electron chi connectivity index (χ2n) is 5.24. The van der Waals surface area contributed by atoms with Crippen molar-refractivity contribution in [3.63, 3.8) is 0 Å². The largest absolute Gasteiger partial charge is 0.368 e. The fourth-order valence-electron chi connectivity index (χ4n) is 2.26. The van der Waals surface area contributed by atoms with Crippen molar-refractivity contribution in [3.8, 4) is 0 Å². The van der Waals surface area contributed by atoms with Crippen LogP contribution < -0.4 is 10.6 Å². The van der Waals surface area contributed by atoms with Gasteiger partial charge in [0.05, 0.1) is 0 Å². The van der Waals surface area contributed by atoms with E-state index in [0.717, 1.165) is 12.5 Å². The average Bonchev–Trinajstić information content (AvgIpc) is 3.13. The van der Waals surface area contributed by atoms with Crippen LogP contribution in [0.1, 0.15) is 26.2 Å². The second-order valence-corrected chi connectivity index (χ2v) is 5.24. The minimum Gasteiger partial charge on any atom is -0.368 e. The molecule has 1 aromatic carbocycles. The van der Waals surface area contributed by atoms with Crippen LogP contribution in [0.5, 0.6) is 0 Å². The first-order chi connectivity index (χ1) is 7.65. The summed E-state index contributed by atoms with van der Waals surface area (Å²) in [6.07, 6.45) is 3.99. The van der Waals surface area contributed by atoms with Crippen molar-refractivity contribution >= 4 is 5.69 Å². The van der Waals surface area contributed by atoms with E-state index in [0.29, 0.717) is 0 Å². The molecule has 1 saturated carbocycles. The topological polar surface area (TPSA) is 29.3 Å². The maximum absolute atomic E-state index is 5.98. The monoisotopic (exact) mass is 218 g/mol. The van der Waals surface area contributed by atoms with Gasteiger partial charge in [-0.1, -0.05) is 31.0 Å². The molecular weight excluding hydrogens is 196 g/mol. The summed E-state index contributed by atoms with van der Waals surface area (Å²) < 4.78 is 0. The number of anilines is 1. The summed E-state index contributed by atoms with van der Waals surface area (Å²) >= 11 is 0. The molecule has 0 bridgehead atoms. The number of nitrogens with two attached hydrogens (primary N) is 1. The zero-order chi connectivity index (χ0) is 11.6. The van der Waals surface area contributed by atoms with Crippen LogP contribution in [0.15, 0.2) is 30.3 Å². The van der Waals surface area contributed by atoms with Gasteiger partial charge >= 0.3 is 0 Å². The van der Waals surface area contributed by atoms with E-state index in [2.05, 4.69) is 49.2 Å². The molecule has 2 nitrogen and oxygen atoms in total. The Balaban J connectivity index is 2.13. The molecule has 1 aromatic rings. The van der Waals surface area contributed by atoms with E-state index in [1.54, 1.807) is 0 Å². The van der Waals surface area contributed by atoms with Gasteiger partial charge in [-0.05, 0) is 31.4 Å². The summed E-state index contributed by atoms with van der Waals surface area (Å²) in [7, 11) is 2.16. The third kappa shape index (κ3) is 2.38. The fourth-order valence-corrected chi connectivity index (χ4v) is 2.26. The molecule has 2 heteroatoms. The Morgan fingerprint density at radius 3 is 2.44 bits per heavy atom. The minimum atomic E-state index is 0.0997. The number of benzene rings is 1. The first-order valence-corrected chi connectivity index (χ1v) is 6.15. The summed E-state index contributed by atoms with van der Waals surface area (Å²) in [6, 6.07) is 10.5. The lowest BCUT2D eigenvalue weighted by molar-refractivity contribution is 0.397. The lowest BCUT2D eigenvalue weighted by Crippen LogP contribution is -2.50. The lowest BCUT2D eigenvalue weighted by atomic mass is 9.92. The Bertz CT molecular complexity index is 332. The first kappa shape index (κ1) is 11.5. The van der Waals surface area contributed by atoms with E-state index < -0.39 is 0 Å². The fraction of sp³-hybridized carbons (Fsp3) is 0.571. The number of nitrogens with zero attached hydrogens (tertiary/aromatic N) is 1. The van der Waals surface area contributed by atoms with Gasteiger partial charge in [-0.25, -0.2) is 0 Å². The van der Waals surface area contributed by atoms with E-state index in [-0.39, 0.29) is 5.54 Å². The van der Waals surface area contributed by atoms with E-state index in [1.165, 1.54) is 24.9 Å². The zero-order valence-corrected chi connectivity index (χ0v) is 10.3. The van der Waals surface area contributed by atoms with Crippen LogP contribution in [0.3, 0.4) is 0 Å². The highest BCUT2D eigenvalue weighted by atomic mass is 15.2. The highest BCUT2D eigenvalue weighted by molar-refractivity contribution is 5.48. The van der Waals surface area contributed by atoms with Gasteiger partial charge < -0.3 is 10.6 Å². The molecule has 1 fully saturated rings. The van der Waals surface area contributed by atoms with Crippen molar-refractivity contribution in [2.75, 3.05) is 18.5 Å². The Hall–Kier alpha value is -1.02. The molecular formula is C14H22N2. The van der Waals surface area contributed by atoms with Crippen molar-refractivity contribution in [2.45, 2.75) is 31.7 Å². The number of hydrogen-bond donors (Lipinski definition) is 1. The van der Waals surface area contributed by atoms with Gasteiger partial charge in [0, 0.05) is 24.8 Å². The number of likely N-dealkylation sites (N-methyl/N-ethyl adjacent to an activating group) is 1. The summed E-state index contributed by atoms with van der Waals surface area (Å²) in [6.45, 7) is 2.99. The molecule has 1 aliphatic rings. The molecule has 2 N–H and O–H groups in total. The van der Waals surface area contributed by atoms with E-state index in [9.17, 15) is 0 Å². The molecule has 0 spiro atoms. The van der Waals surface area contributed by atoms with Crippen LogP contribution in [0.25, 0.3) is 0 Å². The molecule has 0 heterocycles. The lowest BCUT2D eigenvalue weighted by Gasteiger charge is -2.40. The van der Waals surface area contributed by atoms with Crippen LogP contribution in [-0.4, -0.2) is 19.1 Å². The number of rotatable bonds is 5. The SMILES string of the molecule is CN(c1ccccc1)C(C)(CN)CC1CC1. The quantitative estimate of drug-likeness (QED) is 0.823. The molecule has 1 unspecified atom stereocenters. The molecule has 0 saturated heterocycles. The second kappa shape index (κ2) is 4.46. The maximum atomic E-state index is 5.98. The van der Waals surface area contributed by atoms with Gasteiger partial charge in [-0.3, -0.25) is 0 Å². The van der Waals surface area contributed by atoms with E-state index >= 15 is 0 Å². The van der Waals surface area contributed by atoms with Gasteiger partial charge in [0.15, 0.2) is 0 Å². The van der Waals surface area contributed by atoms with Crippen molar-refractivity contribution < 1.29 is 0 Å². The Labute approximate surface area is 98.4 Å². The van der Waals surface area contributed by atoms with Crippen molar-refractivity contribution in [2.24, 2.45) is 11.7 Å². The predicted molar refractivity (Wildman–Crippen MR) is 69.6 cm³/mol. The molecule has 1 atom stereocenters. The van der Waals surface area contributed by atoms with Crippen LogP contribution in [0.2, 0.25) is 0 Å². The molecule has 88 valence electrons. The van der Waals surface area contributed by atoms with Crippen LogP contribution in [-0.2, 0) is 0 Å². The van der Waals surface area contributed by atoms with Crippen molar-refractivity contribution in [1.82, 2.24) is 0 Å². The molecule has 0 radical (unpaired) electrons. The highest BCUT2D eigenvalue weighted by Crippen LogP contribution is 2.39. The Kier molecular flexibility index (Phi) is 3.20. The standard InChI is InChI=1S/C14H22N2/c1-14(11-15,10-12-8-9-12)16(2)13-6-4-3-5-7-13/h3-7,12H,8-11,15H2,1-2H3. The summed E-state index contributed by atoms with van der Waals surface area (Å²) in [5.41, 5.74) is 7.34. The average molecular weight is 218 g/mol. The minimum absolute atomic E-state index is 0.0997. The third-order valence-corrected chi connectivity index (χ3v) is 3.82. The van der Waals surface area contributed by atoms with E-state index in [4.69, 9.17) is 5.73 Å². The van der Waals surface area contributed by atoms with Crippen LogP contribution in [0, 0.1) is 5.92 Å². The number of para-hydroxylation sites is 1. The number of hydrogen-bond acceptors (Lipinski definition) is 2. The normalized spacial score (nSPS) is 19.2. The highest BCUT2D eigenvalue weighted by Gasteiger charge is 2.35. The Morgan fingerprint density at radius 2 is 1.94 bits per heavy atom. The molecule has 0 aliphatic heterocycles. The summed E-state index contributed by atoms with van der Waals surface area (Å²) in [4.78, 5) is 2.34. The maximum Gasteiger partial charge on any atom is 0.0495 e. The zero-order valence-electron chi connectivity index (χ0n) is 10.3.